The molecule has 3 rings (SSSR count). The molecule has 1 atom stereocenters. The number of hydrogen-bond donors (Lipinski definition) is 1. The normalized spacial score (nSPS) is 18.1. The molecule has 0 radical (unpaired) electrons. The Morgan fingerprint density at radius 1 is 1.13 bits per heavy atom. The smallest absolute Gasteiger partial charge is 0.295 e. The van der Waals surface area contributed by atoms with Crippen LogP contribution in [0.25, 0.3) is 5.76 Å². The highest BCUT2D eigenvalue weighted by Gasteiger charge is 2.46. The Kier molecular flexibility index (Phi) is 7.07. The molecular formula is C24H27FN2O4. The number of benzene rings is 2. The molecule has 0 aromatic heterocycles. The first-order valence-electron chi connectivity index (χ1n) is 10.3. The molecule has 2 aromatic carbocycles. The molecule has 0 unspecified atom stereocenters. The monoisotopic (exact) mass is 426 g/mol. The number of likely N-dealkylation sites (N-methyl/N-ethyl adjacent to an activating group) is 1. The summed E-state index contributed by atoms with van der Waals surface area (Å²) in [7, 11) is 1.54. The van der Waals surface area contributed by atoms with Gasteiger partial charge in [0.2, 0.25) is 0 Å². The van der Waals surface area contributed by atoms with Gasteiger partial charge >= 0.3 is 0 Å². The van der Waals surface area contributed by atoms with Gasteiger partial charge in [0.25, 0.3) is 11.7 Å². The Balaban J connectivity index is 2.11. The minimum Gasteiger partial charge on any atom is -0.507 e. The largest absolute Gasteiger partial charge is 0.507 e. The van der Waals surface area contributed by atoms with Gasteiger partial charge in [-0.25, -0.2) is 4.39 Å². The number of hydrogen-bond acceptors (Lipinski definition) is 5. The molecule has 1 fully saturated rings. The quantitative estimate of drug-likeness (QED) is 0.397. The number of methoxy groups -OCH3 is 1. The summed E-state index contributed by atoms with van der Waals surface area (Å²) < 4.78 is 18.7. The van der Waals surface area contributed by atoms with Crippen molar-refractivity contribution in [3.05, 3.63) is 71.0 Å². The van der Waals surface area contributed by atoms with E-state index in [2.05, 4.69) is 4.90 Å². The number of likely N-dealkylation sites (tertiary alicyclic amines) is 1. The van der Waals surface area contributed by atoms with Gasteiger partial charge in [0.05, 0.1) is 18.7 Å². The Hall–Kier alpha value is -3.19. The van der Waals surface area contributed by atoms with Crippen molar-refractivity contribution in [2.75, 3.05) is 33.3 Å². The van der Waals surface area contributed by atoms with Crippen LogP contribution in [0.3, 0.4) is 0 Å². The average molecular weight is 426 g/mol. The molecule has 1 saturated heterocycles. The molecule has 0 aliphatic carbocycles. The van der Waals surface area contributed by atoms with Gasteiger partial charge in [0.1, 0.15) is 17.3 Å². The Bertz CT molecular complexity index is 983. The van der Waals surface area contributed by atoms with E-state index in [1.165, 1.54) is 36.3 Å². The predicted molar refractivity (Wildman–Crippen MR) is 116 cm³/mol. The van der Waals surface area contributed by atoms with E-state index in [0.717, 1.165) is 13.1 Å². The van der Waals surface area contributed by atoms with E-state index in [-0.39, 0.29) is 16.9 Å². The van der Waals surface area contributed by atoms with Gasteiger partial charge in [-0.05, 0) is 55.1 Å². The van der Waals surface area contributed by atoms with Gasteiger partial charge in [-0.2, -0.15) is 0 Å². The molecule has 6 nitrogen and oxygen atoms in total. The zero-order chi connectivity index (χ0) is 22.5. The van der Waals surface area contributed by atoms with Crippen LogP contribution in [0.4, 0.5) is 4.39 Å². The maximum atomic E-state index is 13.4. The van der Waals surface area contributed by atoms with Crippen molar-refractivity contribution in [1.82, 2.24) is 9.80 Å². The zero-order valence-electron chi connectivity index (χ0n) is 18.0. The number of carbonyl (C=O) groups is 2. The molecule has 1 aliphatic heterocycles. The lowest BCUT2D eigenvalue weighted by Gasteiger charge is -2.28. The summed E-state index contributed by atoms with van der Waals surface area (Å²) >= 11 is 0. The van der Waals surface area contributed by atoms with E-state index in [9.17, 15) is 19.1 Å². The highest BCUT2D eigenvalue weighted by atomic mass is 19.1. The first-order chi connectivity index (χ1) is 14.9. The standard InChI is InChI=1S/C24H27FN2O4/c1-4-26(5-2)13-14-27-21(17-7-6-8-19(15-17)31-3)20(23(29)24(27)30)22(28)16-9-11-18(25)12-10-16/h6-12,15,21,28H,4-5,13-14H2,1-3H3/t21-/m1/s1. The summed E-state index contributed by atoms with van der Waals surface area (Å²) in [5, 5.41) is 11.0. The van der Waals surface area contributed by atoms with Crippen molar-refractivity contribution in [2.24, 2.45) is 0 Å². The minimum absolute atomic E-state index is 0.00981. The van der Waals surface area contributed by atoms with Crippen LogP contribution >= 0.6 is 0 Å². The van der Waals surface area contributed by atoms with Crippen LogP contribution in [0.2, 0.25) is 0 Å². The molecule has 31 heavy (non-hydrogen) atoms. The fourth-order valence-corrected chi connectivity index (χ4v) is 3.82. The van der Waals surface area contributed by atoms with Crippen LogP contribution in [0.5, 0.6) is 5.75 Å². The number of ether oxygens (including phenoxy) is 1. The van der Waals surface area contributed by atoms with Gasteiger partial charge < -0.3 is 19.6 Å². The first-order valence-corrected chi connectivity index (χ1v) is 10.3. The second kappa shape index (κ2) is 9.75. The molecule has 2 aromatic rings. The number of rotatable bonds is 8. The van der Waals surface area contributed by atoms with Crippen LogP contribution in [-0.4, -0.2) is 59.9 Å². The number of nitrogens with zero attached hydrogens (tertiary/aromatic N) is 2. The molecule has 0 spiro atoms. The molecule has 0 bridgehead atoms. The van der Waals surface area contributed by atoms with Gasteiger partial charge in [-0.1, -0.05) is 26.0 Å². The molecule has 0 saturated carbocycles. The fourth-order valence-electron chi connectivity index (χ4n) is 3.82. The lowest BCUT2D eigenvalue weighted by molar-refractivity contribution is -0.140. The van der Waals surface area contributed by atoms with E-state index >= 15 is 0 Å². The molecular weight excluding hydrogens is 399 g/mol. The first kappa shape index (κ1) is 22.5. The lowest BCUT2D eigenvalue weighted by atomic mass is 9.95. The summed E-state index contributed by atoms with van der Waals surface area (Å²) in [6, 6.07) is 11.5. The van der Waals surface area contributed by atoms with Gasteiger partial charge in [-0.15, -0.1) is 0 Å². The molecule has 1 amide bonds. The van der Waals surface area contributed by atoms with Crippen molar-refractivity contribution in [3.8, 4) is 5.75 Å². The zero-order valence-corrected chi connectivity index (χ0v) is 18.0. The summed E-state index contributed by atoms with van der Waals surface area (Å²) in [5.41, 5.74) is 0.919. The number of aliphatic hydroxyl groups is 1. The van der Waals surface area contributed by atoms with Crippen molar-refractivity contribution >= 4 is 17.4 Å². The number of carbonyl (C=O) groups excluding carboxylic acids is 2. The Morgan fingerprint density at radius 3 is 2.42 bits per heavy atom. The number of halogens is 1. The molecule has 164 valence electrons. The van der Waals surface area contributed by atoms with E-state index in [4.69, 9.17) is 4.74 Å². The van der Waals surface area contributed by atoms with E-state index < -0.39 is 23.5 Å². The molecule has 1 aliphatic rings. The topological polar surface area (TPSA) is 70.1 Å². The Morgan fingerprint density at radius 2 is 1.81 bits per heavy atom. The van der Waals surface area contributed by atoms with Gasteiger partial charge in [0, 0.05) is 18.7 Å². The van der Waals surface area contributed by atoms with Crippen LogP contribution in [0.1, 0.15) is 31.0 Å². The van der Waals surface area contributed by atoms with Crippen LogP contribution < -0.4 is 4.74 Å². The third-order valence-corrected chi connectivity index (χ3v) is 5.62. The van der Waals surface area contributed by atoms with E-state index in [1.54, 1.807) is 24.3 Å². The summed E-state index contributed by atoms with van der Waals surface area (Å²) in [6.07, 6.45) is 0. The second-order valence-electron chi connectivity index (χ2n) is 7.30. The van der Waals surface area contributed by atoms with E-state index in [0.29, 0.717) is 24.4 Å². The third kappa shape index (κ3) is 4.61. The summed E-state index contributed by atoms with van der Waals surface area (Å²) in [6.45, 7) is 6.63. The highest BCUT2D eigenvalue weighted by Crippen LogP contribution is 2.40. The predicted octanol–water partition coefficient (Wildman–Crippen LogP) is 3.60. The second-order valence-corrected chi connectivity index (χ2v) is 7.30. The minimum atomic E-state index is -0.768. The third-order valence-electron chi connectivity index (χ3n) is 5.62. The Labute approximate surface area is 181 Å². The molecule has 1 N–H and O–H groups in total. The van der Waals surface area contributed by atoms with Crippen LogP contribution in [0, 0.1) is 5.82 Å². The van der Waals surface area contributed by atoms with Crippen molar-refractivity contribution in [3.63, 3.8) is 0 Å². The van der Waals surface area contributed by atoms with Crippen molar-refractivity contribution < 1.29 is 23.8 Å². The van der Waals surface area contributed by atoms with Crippen molar-refractivity contribution in [1.29, 1.82) is 0 Å². The molecule has 7 heteroatoms. The van der Waals surface area contributed by atoms with Crippen molar-refractivity contribution in [2.45, 2.75) is 19.9 Å². The maximum Gasteiger partial charge on any atom is 0.295 e. The average Bonchev–Trinajstić information content (AvgIpc) is 3.04. The summed E-state index contributed by atoms with van der Waals surface area (Å²) in [4.78, 5) is 29.6. The number of amides is 1. The molecule has 1 heterocycles. The van der Waals surface area contributed by atoms with Gasteiger partial charge in [0.15, 0.2) is 0 Å². The van der Waals surface area contributed by atoms with Crippen LogP contribution in [-0.2, 0) is 9.59 Å². The van der Waals surface area contributed by atoms with Gasteiger partial charge in [-0.3, -0.25) is 9.59 Å². The highest BCUT2D eigenvalue weighted by molar-refractivity contribution is 6.46. The maximum absolute atomic E-state index is 13.4. The lowest BCUT2D eigenvalue weighted by Crippen LogP contribution is -2.38. The van der Waals surface area contributed by atoms with E-state index in [1.807, 2.05) is 13.8 Å². The SMILES string of the molecule is CCN(CC)CCN1C(=O)C(=O)C(=C(O)c2ccc(F)cc2)[C@H]1c1cccc(OC)c1. The summed E-state index contributed by atoms with van der Waals surface area (Å²) in [5.74, 6) is -1.62. The number of aliphatic hydroxyl groups excluding tert-OH is 1. The number of Topliss-reactive ketones (excluding diaryl/α,β-unsaturated/α-hetero) is 1. The fraction of sp³-hybridized carbons (Fsp3) is 0.333. The number of ketones is 1. The van der Waals surface area contributed by atoms with Crippen LogP contribution in [0.15, 0.2) is 54.1 Å².